The van der Waals surface area contributed by atoms with Crippen LogP contribution in [-0.2, 0) is 4.74 Å². The van der Waals surface area contributed by atoms with Crippen LogP contribution in [0.3, 0.4) is 0 Å². The molecule has 2 rings (SSSR count). The Balaban J connectivity index is 2.16. The van der Waals surface area contributed by atoms with Crippen LogP contribution in [0.1, 0.15) is 25.0 Å². The Kier molecular flexibility index (Phi) is 2.73. The summed E-state index contributed by atoms with van der Waals surface area (Å²) in [6.07, 6.45) is 1.44. The van der Waals surface area contributed by atoms with Gasteiger partial charge in [-0.15, -0.1) is 0 Å². The Labute approximate surface area is 84.8 Å². The van der Waals surface area contributed by atoms with Gasteiger partial charge in [-0.05, 0) is 30.0 Å². The fourth-order valence-corrected chi connectivity index (χ4v) is 1.91. The molecular weight excluding hydrogens is 176 g/mol. The minimum absolute atomic E-state index is 0.279. The van der Waals surface area contributed by atoms with E-state index in [0.29, 0.717) is 5.92 Å². The highest BCUT2D eigenvalue weighted by Gasteiger charge is 2.25. The van der Waals surface area contributed by atoms with Crippen LogP contribution in [0.5, 0.6) is 5.75 Å². The molecule has 1 saturated heterocycles. The van der Waals surface area contributed by atoms with Gasteiger partial charge in [0, 0.05) is 6.61 Å². The predicted molar refractivity (Wildman–Crippen MR) is 55.5 cm³/mol. The van der Waals surface area contributed by atoms with Crippen molar-refractivity contribution in [3.8, 4) is 5.75 Å². The van der Waals surface area contributed by atoms with E-state index in [1.807, 2.05) is 12.1 Å². The second kappa shape index (κ2) is 4.01. The molecule has 1 aromatic rings. The summed E-state index contributed by atoms with van der Waals surface area (Å²) < 4.78 is 10.8. The Morgan fingerprint density at radius 2 is 2.00 bits per heavy atom. The first-order chi connectivity index (χ1) is 6.81. The van der Waals surface area contributed by atoms with Gasteiger partial charge < -0.3 is 9.47 Å². The number of rotatable bonds is 2. The van der Waals surface area contributed by atoms with Crippen molar-refractivity contribution in [2.24, 2.45) is 5.92 Å². The third-order valence-corrected chi connectivity index (χ3v) is 2.83. The number of hydrogen-bond acceptors (Lipinski definition) is 2. The molecule has 2 atom stereocenters. The first-order valence-corrected chi connectivity index (χ1v) is 5.07. The second-order valence-corrected chi connectivity index (χ2v) is 3.83. The minimum atomic E-state index is 0.279. The average molecular weight is 192 g/mol. The molecule has 14 heavy (non-hydrogen) atoms. The zero-order valence-electron chi connectivity index (χ0n) is 8.69. The van der Waals surface area contributed by atoms with Gasteiger partial charge >= 0.3 is 0 Å². The fraction of sp³-hybridized carbons (Fsp3) is 0.500. The van der Waals surface area contributed by atoms with E-state index in [4.69, 9.17) is 9.47 Å². The van der Waals surface area contributed by atoms with Crippen molar-refractivity contribution in [3.63, 3.8) is 0 Å². The van der Waals surface area contributed by atoms with Crippen molar-refractivity contribution in [2.75, 3.05) is 13.7 Å². The molecule has 1 fully saturated rings. The van der Waals surface area contributed by atoms with Crippen molar-refractivity contribution >= 4 is 0 Å². The first-order valence-electron chi connectivity index (χ1n) is 5.07. The summed E-state index contributed by atoms with van der Waals surface area (Å²) in [4.78, 5) is 0. The highest BCUT2D eigenvalue weighted by Crippen LogP contribution is 2.34. The van der Waals surface area contributed by atoms with Crippen molar-refractivity contribution in [1.82, 2.24) is 0 Å². The fourth-order valence-electron chi connectivity index (χ4n) is 1.91. The molecule has 76 valence electrons. The van der Waals surface area contributed by atoms with Gasteiger partial charge in [0.25, 0.3) is 0 Å². The third-order valence-electron chi connectivity index (χ3n) is 2.83. The highest BCUT2D eigenvalue weighted by molar-refractivity contribution is 5.29. The van der Waals surface area contributed by atoms with Crippen LogP contribution in [0.25, 0.3) is 0 Å². The number of methoxy groups -OCH3 is 1. The molecule has 1 aliphatic rings. The van der Waals surface area contributed by atoms with Gasteiger partial charge in [-0.2, -0.15) is 0 Å². The van der Waals surface area contributed by atoms with Crippen LogP contribution in [0.4, 0.5) is 0 Å². The summed E-state index contributed by atoms with van der Waals surface area (Å²) in [6.45, 7) is 3.12. The van der Waals surface area contributed by atoms with Crippen LogP contribution in [0.2, 0.25) is 0 Å². The van der Waals surface area contributed by atoms with Crippen LogP contribution >= 0.6 is 0 Å². The van der Waals surface area contributed by atoms with E-state index in [1.165, 1.54) is 5.56 Å². The van der Waals surface area contributed by atoms with Gasteiger partial charge in [0.2, 0.25) is 0 Å². The minimum Gasteiger partial charge on any atom is -0.497 e. The highest BCUT2D eigenvalue weighted by atomic mass is 16.5. The molecule has 0 radical (unpaired) electrons. The van der Waals surface area contributed by atoms with Gasteiger partial charge in [-0.1, -0.05) is 19.1 Å². The lowest BCUT2D eigenvalue weighted by molar-refractivity contribution is 0.0945. The topological polar surface area (TPSA) is 18.5 Å². The standard InChI is InChI=1S/C12H16O2/c1-9-7-8-14-12(9)10-3-5-11(13-2)6-4-10/h3-6,9,12H,7-8H2,1-2H3. The molecule has 1 heterocycles. The first kappa shape index (κ1) is 9.53. The average Bonchev–Trinajstić information content (AvgIpc) is 2.65. The van der Waals surface area contributed by atoms with E-state index in [9.17, 15) is 0 Å². The van der Waals surface area contributed by atoms with Crippen molar-refractivity contribution in [1.29, 1.82) is 0 Å². The SMILES string of the molecule is COc1ccc(C2OCCC2C)cc1. The van der Waals surface area contributed by atoms with E-state index in [1.54, 1.807) is 7.11 Å². The molecule has 0 aliphatic carbocycles. The predicted octanol–water partition coefficient (Wildman–Crippen LogP) is 2.79. The molecule has 0 N–H and O–H groups in total. The van der Waals surface area contributed by atoms with Gasteiger partial charge in [0.1, 0.15) is 5.75 Å². The molecule has 2 nitrogen and oxygen atoms in total. The molecule has 1 aliphatic heterocycles. The Hall–Kier alpha value is -1.02. The molecule has 2 heteroatoms. The zero-order chi connectivity index (χ0) is 9.97. The molecule has 0 spiro atoms. The van der Waals surface area contributed by atoms with Crippen molar-refractivity contribution in [3.05, 3.63) is 29.8 Å². The normalized spacial score (nSPS) is 26.4. The lowest BCUT2D eigenvalue weighted by Gasteiger charge is -2.14. The van der Waals surface area contributed by atoms with Crippen LogP contribution in [0.15, 0.2) is 24.3 Å². The van der Waals surface area contributed by atoms with E-state index < -0.39 is 0 Å². The smallest absolute Gasteiger partial charge is 0.118 e. The monoisotopic (exact) mass is 192 g/mol. The Bertz CT molecular complexity index is 292. The maximum absolute atomic E-state index is 5.68. The van der Waals surface area contributed by atoms with Crippen LogP contribution in [-0.4, -0.2) is 13.7 Å². The maximum atomic E-state index is 5.68. The van der Waals surface area contributed by atoms with E-state index >= 15 is 0 Å². The quantitative estimate of drug-likeness (QED) is 0.717. The molecule has 0 saturated carbocycles. The van der Waals surface area contributed by atoms with Gasteiger partial charge in [0.05, 0.1) is 13.2 Å². The maximum Gasteiger partial charge on any atom is 0.118 e. The molecule has 2 unspecified atom stereocenters. The van der Waals surface area contributed by atoms with E-state index in [-0.39, 0.29) is 6.10 Å². The summed E-state index contributed by atoms with van der Waals surface area (Å²) in [5, 5.41) is 0. The summed E-state index contributed by atoms with van der Waals surface area (Å²) in [7, 11) is 1.68. The van der Waals surface area contributed by atoms with Gasteiger partial charge in [-0.3, -0.25) is 0 Å². The summed E-state index contributed by atoms with van der Waals surface area (Å²) in [5.74, 6) is 1.53. The third kappa shape index (κ3) is 1.75. The molecule has 0 amide bonds. The molecule has 1 aromatic carbocycles. The largest absolute Gasteiger partial charge is 0.497 e. The van der Waals surface area contributed by atoms with Gasteiger partial charge in [0.15, 0.2) is 0 Å². The molecule has 0 bridgehead atoms. The summed E-state index contributed by atoms with van der Waals surface area (Å²) in [5.41, 5.74) is 1.26. The lowest BCUT2D eigenvalue weighted by Crippen LogP contribution is -2.03. The second-order valence-electron chi connectivity index (χ2n) is 3.83. The lowest BCUT2D eigenvalue weighted by atomic mass is 9.97. The number of ether oxygens (including phenoxy) is 2. The summed E-state index contributed by atoms with van der Waals surface area (Å²) >= 11 is 0. The molecular formula is C12H16O2. The summed E-state index contributed by atoms with van der Waals surface area (Å²) in [6, 6.07) is 8.16. The van der Waals surface area contributed by atoms with Gasteiger partial charge in [-0.25, -0.2) is 0 Å². The number of benzene rings is 1. The van der Waals surface area contributed by atoms with E-state index in [2.05, 4.69) is 19.1 Å². The number of hydrogen-bond donors (Lipinski definition) is 0. The zero-order valence-corrected chi connectivity index (χ0v) is 8.69. The van der Waals surface area contributed by atoms with Crippen LogP contribution in [0, 0.1) is 5.92 Å². The Morgan fingerprint density at radius 1 is 1.29 bits per heavy atom. The van der Waals surface area contributed by atoms with E-state index in [0.717, 1.165) is 18.8 Å². The molecule has 0 aromatic heterocycles. The van der Waals surface area contributed by atoms with Crippen molar-refractivity contribution in [2.45, 2.75) is 19.4 Å². The Morgan fingerprint density at radius 3 is 2.50 bits per heavy atom. The van der Waals surface area contributed by atoms with Crippen LogP contribution < -0.4 is 4.74 Å². The van der Waals surface area contributed by atoms with Crippen molar-refractivity contribution < 1.29 is 9.47 Å².